The molecule has 0 aliphatic carbocycles. The summed E-state index contributed by atoms with van der Waals surface area (Å²) in [7, 11) is 0. The van der Waals surface area contributed by atoms with Crippen LogP contribution in [0.2, 0.25) is 0 Å². The lowest BCUT2D eigenvalue weighted by atomic mass is 10.1. The number of esters is 1. The van der Waals surface area contributed by atoms with Gasteiger partial charge < -0.3 is 18.9 Å². The minimum Gasteiger partial charge on any atom is -0.454 e. The van der Waals surface area contributed by atoms with Crippen molar-refractivity contribution in [3.63, 3.8) is 0 Å². The zero-order chi connectivity index (χ0) is 20.7. The molecule has 6 heteroatoms. The number of rotatable bonds is 3. The molecule has 2 aliphatic rings. The van der Waals surface area contributed by atoms with Gasteiger partial charge in [-0.25, -0.2) is 4.79 Å². The first-order chi connectivity index (χ1) is 14.6. The molecule has 2 heterocycles. The first-order valence-corrected chi connectivity index (χ1v) is 9.35. The van der Waals surface area contributed by atoms with Gasteiger partial charge in [-0.15, -0.1) is 0 Å². The lowest BCUT2D eigenvalue weighted by molar-refractivity contribution is 0.0732. The van der Waals surface area contributed by atoms with Crippen LogP contribution >= 0.6 is 0 Å². The molecule has 0 fully saturated rings. The standard InChI is InChI=1S/C24H16O6/c1-14-18(30-24(26)16-7-9-19-20(12-16)28-13-27-19)10-8-17-22(25)21(29-23(14)17)11-15-5-3-2-4-6-15/h2-12H,13H2,1H3/b21-11-. The highest BCUT2D eigenvalue weighted by Crippen LogP contribution is 2.40. The van der Waals surface area contributed by atoms with Crippen molar-refractivity contribution in [2.45, 2.75) is 6.92 Å². The molecule has 0 spiro atoms. The van der Waals surface area contributed by atoms with Crippen LogP contribution < -0.4 is 18.9 Å². The number of carbonyl (C=O) groups excluding carboxylic acids is 2. The van der Waals surface area contributed by atoms with E-state index < -0.39 is 5.97 Å². The van der Waals surface area contributed by atoms with Gasteiger partial charge in [-0.3, -0.25) is 4.79 Å². The highest BCUT2D eigenvalue weighted by molar-refractivity contribution is 6.15. The lowest BCUT2D eigenvalue weighted by Crippen LogP contribution is -2.09. The topological polar surface area (TPSA) is 71.1 Å². The van der Waals surface area contributed by atoms with Gasteiger partial charge in [0.2, 0.25) is 12.6 Å². The van der Waals surface area contributed by atoms with Gasteiger partial charge in [0.05, 0.1) is 11.1 Å². The number of hydrogen-bond donors (Lipinski definition) is 0. The van der Waals surface area contributed by atoms with Gasteiger partial charge in [0.25, 0.3) is 0 Å². The van der Waals surface area contributed by atoms with Crippen molar-refractivity contribution in [3.05, 3.63) is 88.7 Å². The van der Waals surface area contributed by atoms with E-state index >= 15 is 0 Å². The monoisotopic (exact) mass is 400 g/mol. The molecule has 30 heavy (non-hydrogen) atoms. The molecule has 6 nitrogen and oxygen atoms in total. The molecule has 0 atom stereocenters. The highest BCUT2D eigenvalue weighted by atomic mass is 16.7. The van der Waals surface area contributed by atoms with Gasteiger partial charge in [-0.1, -0.05) is 30.3 Å². The molecule has 0 unspecified atom stereocenters. The Bertz CT molecular complexity index is 1210. The Hall–Kier alpha value is -4.06. The molecule has 3 aromatic rings. The first kappa shape index (κ1) is 18.0. The number of Topliss-reactive ketones (excluding diaryl/α,β-unsaturated/α-hetero) is 1. The van der Waals surface area contributed by atoms with E-state index in [1.807, 2.05) is 30.3 Å². The third-order valence-corrected chi connectivity index (χ3v) is 4.94. The Morgan fingerprint density at radius 2 is 1.80 bits per heavy atom. The molecule has 0 amide bonds. The van der Waals surface area contributed by atoms with Crippen LogP contribution in [0.25, 0.3) is 6.08 Å². The van der Waals surface area contributed by atoms with E-state index in [-0.39, 0.29) is 18.3 Å². The zero-order valence-corrected chi connectivity index (χ0v) is 16.0. The largest absolute Gasteiger partial charge is 0.454 e. The van der Waals surface area contributed by atoms with Crippen LogP contribution in [0.4, 0.5) is 0 Å². The SMILES string of the molecule is Cc1c(OC(=O)c2ccc3c(c2)OCO3)ccc2c1O/C(=C\c1ccccc1)C2=O. The Labute approximate surface area is 172 Å². The quantitative estimate of drug-likeness (QED) is 0.365. The minimum absolute atomic E-state index is 0.127. The third-order valence-electron chi connectivity index (χ3n) is 4.94. The van der Waals surface area contributed by atoms with Crippen molar-refractivity contribution in [1.29, 1.82) is 0 Å². The average molecular weight is 400 g/mol. The Balaban J connectivity index is 1.41. The molecule has 0 aromatic heterocycles. The average Bonchev–Trinajstić information content (AvgIpc) is 3.35. The van der Waals surface area contributed by atoms with Crippen molar-refractivity contribution in [3.8, 4) is 23.0 Å². The van der Waals surface area contributed by atoms with Crippen molar-refractivity contribution < 1.29 is 28.5 Å². The van der Waals surface area contributed by atoms with Gasteiger partial charge in [-0.05, 0) is 48.9 Å². The second-order valence-corrected chi connectivity index (χ2v) is 6.87. The molecule has 0 N–H and O–H groups in total. The smallest absolute Gasteiger partial charge is 0.343 e. The summed E-state index contributed by atoms with van der Waals surface area (Å²) >= 11 is 0. The summed E-state index contributed by atoms with van der Waals surface area (Å²) in [6.45, 7) is 1.88. The molecule has 2 aliphatic heterocycles. The van der Waals surface area contributed by atoms with E-state index in [4.69, 9.17) is 18.9 Å². The number of benzene rings is 3. The minimum atomic E-state index is -0.541. The molecule has 3 aromatic carbocycles. The van der Waals surface area contributed by atoms with Crippen LogP contribution in [0.3, 0.4) is 0 Å². The van der Waals surface area contributed by atoms with Crippen LogP contribution in [0.5, 0.6) is 23.0 Å². The molecular formula is C24H16O6. The third kappa shape index (κ3) is 3.08. The first-order valence-electron chi connectivity index (χ1n) is 9.35. The van der Waals surface area contributed by atoms with Crippen LogP contribution in [0.1, 0.15) is 31.8 Å². The normalized spacial score (nSPS) is 15.1. The molecule has 0 bridgehead atoms. The van der Waals surface area contributed by atoms with Crippen molar-refractivity contribution in [2.24, 2.45) is 0 Å². The molecule has 5 rings (SSSR count). The summed E-state index contributed by atoms with van der Waals surface area (Å²) in [5.41, 5.74) is 2.21. The van der Waals surface area contributed by atoms with Gasteiger partial charge >= 0.3 is 5.97 Å². The van der Waals surface area contributed by atoms with E-state index in [9.17, 15) is 9.59 Å². The molecule has 0 radical (unpaired) electrons. The van der Waals surface area contributed by atoms with Crippen LogP contribution in [0.15, 0.2) is 66.4 Å². The molecule has 0 saturated carbocycles. The Morgan fingerprint density at radius 3 is 2.63 bits per heavy atom. The van der Waals surface area contributed by atoms with E-state index in [1.165, 1.54) is 0 Å². The number of ketones is 1. The van der Waals surface area contributed by atoms with E-state index in [1.54, 1.807) is 43.3 Å². The predicted octanol–water partition coefficient (Wildman–Crippen LogP) is 4.56. The van der Waals surface area contributed by atoms with Crippen LogP contribution in [-0.4, -0.2) is 18.5 Å². The van der Waals surface area contributed by atoms with Crippen LogP contribution in [-0.2, 0) is 0 Å². The summed E-state index contributed by atoms with van der Waals surface area (Å²) in [4.78, 5) is 25.3. The maximum atomic E-state index is 12.7. The number of allylic oxidation sites excluding steroid dienone is 1. The van der Waals surface area contributed by atoms with Gasteiger partial charge in [0.15, 0.2) is 17.3 Å². The molecule has 0 saturated heterocycles. The van der Waals surface area contributed by atoms with Gasteiger partial charge in [-0.2, -0.15) is 0 Å². The summed E-state index contributed by atoms with van der Waals surface area (Å²) in [5.74, 6) is 1.30. The zero-order valence-electron chi connectivity index (χ0n) is 16.0. The number of ether oxygens (including phenoxy) is 4. The van der Waals surface area contributed by atoms with Crippen molar-refractivity contribution in [1.82, 2.24) is 0 Å². The van der Waals surface area contributed by atoms with Gasteiger partial charge in [0.1, 0.15) is 11.5 Å². The number of carbonyl (C=O) groups is 2. The number of hydrogen-bond acceptors (Lipinski definition) is 6. The second kappa shape index (κ2) is 7.08. The van der Waals surface area contributed by atoms with Crippen molar-refractivity contribution >= 4 is 17.8 Å². The summed E-state index contributed by atoms with van der Waals surface area (Å²) in [5, 5.41) is 0. The molecular weight excluding hydrogens is 384 g/mol. The Kier molecular flexibility index (Phi) is 4.25. The lowest BCUT2D eigenvalue weighted by Gasteiger charge is -2.10. The summed E-state index contributed by atoms with van der Waals surface area (Å²) < 4.78 is 21.9. The summed E-state index contributed by atoms with van der Waals surface area (Å²) in [6, 6.07) is 17.5. The fourth-order valence-corrected chi connectivity index (χ4v) is 3.36. The van der Waals surface area contributed by atoms with E-state index in [0.717, 1.165) is 5.56 Å². The maximum Gasteiger partial charge on any atom is 0.343 e. The fraction of sp³-hybridized carbons (Fsp3) is 0.0833. The maximum absolute atomic E-state index is 12.7. The Morgan fingerprint density at radius 1 is 1.00 bits per heavy atom. The fourth-order valence-electron chi connectivity index (χ4n) is 3.36. The van der Waals surface area contributed by atoms with E-state index in [0.29, 0.717) is 39.7 Å². The summed E-state index contributed by atoms with van der Waals surface area (Å²) in [6.07, 6.45) is 1.69. The van der Waals surface area contributed by atoms with Gasteiger partial charge in [0, 0.05) is 5.56 Å². The van der Waals surface area contributed by atoms with Crippen LogP contribution in [0, 0.1) is 6.92 Å². The highest BCUT2D eigenvalue weighted by Gasteiger charge is 2.30. The molecule has 148 valence electrons. The predicted molar refractivity (Wildman–Crippen MR) is 108 cm³/mol. The second-order valence-electron chi connectivity index (χ2n) is 6.87. The van der Waals surface area contributed by atoms with Crippen molar-refractivity contribution in [2.75, 3.05) is 6.79 Å². The van der Waals surface area contributed by atoms with E-state index in [2.05, 4.69) is 0 Å². The number of fused-ring (bicyclic) bond motifs is 2.